The second kappa shape index (κ2) is 5.60. The molecule has 0 saturated carbocycles. The van der Waals surface area contributed by atoms with E-state index in [1.54, 1.807) is 16.3 Å². The third-order valence-electron chi connectivity index (χ3n) is 3.25. The molecular weight excluding hydrogens is 317 g/mol. The number of pyridine rings is 1. The maximum Gasteiger partial charge on any atom is 0.417 e. The summed E-state index contributed by atoms with van der Waals surface area (Å²) in [5.74, 6) is 0.0575. The van der Waals surface area contributed by atoms with Crippen molar-refractivity contribution in [2.45, 2.75) is 12.3 Å². The van der Waals surface area contributed by atoms with Gasteiger partial charge in [-0.2, -0.15) is 24.5 Å². The number of halogens is 3. The molecule has 0 radical (unpaired) electrons. The molecule has 3 rings (SSSR count). The van der Waals surface area contributed by atoms with Gasteiger partial charge in [-0.3, -0.25) is 4.79 Å². The van der Waals surface area contributed by atoms with Gasteiger partial charge in [-0.25, -0.2) is 4.98 Å². The molecule has 0 spiro atoms. The van der Waals surface area contributed by atoms with Gasteiger partial charge in [0, 0.05) is 17.6 Å². The van der Waals surface area contributed by atoms with Crippen molar-refractivity contribution in [3.8, 4) is 5.88 Å². The smallest absolute Gasteiger partial charge is 0.417 e. The van der Waals surface area contributed by atoms with E-state index < -0.39 is 11.7 Å². The number of nitrogens with zero attached hydrogens (tertiary/aromatic N) is 2. The molecular formula is C14H11F3N2O2S. The van der Waals surface area contributed by atoms with Gasteiger partial charge in [0.15, 0.2) is 0 Å². The Hall–Kier alpha value is -2.09. The van der Waals surface area contributed by atoms with Crippen LogP contribution in [0.25, 0.3) is 0 Å². The first-order valence-electron chi connectivity index (χ1n) is 6.45. The lowest BCUT2D eigenvalue weighted by molar-refractivity contribution is -0.137. The van der Waals surface area contributed by atoms with Crippen molar-refractivity contribution < 1.29 is 22.7 Å². The predicted molar refractivity (Wildman–Crippen MR) is 73.9 cm³/mol. The minimum atomic E-state index is -4.41. The number of aromatic nitrogens is 1. The summed E-state index contributed by atoms with van der Waals surface area (Å²) in [4.78, 5) is 17.2. The van der Waals surface area contributed by atoms with Crippen molar-refractivity contribution >= 4 is 17.2 Å². The number of thiophene rings is 1. The molecule has 0 aromatic carbocycles. The Balaban J connectivity index is 1.53. The maximum absolute atomic E-state index is 12.4. The van der Waals surface area contributed by atoms with Crippen molar-refractivity contribution in [2.24, 2.45) is 0 Å². The molecule has 1 saturated heterocycles. The van der Waals surface area contributed by atoms with E-state index in [1.807, 2.05) is 5.38 Å². The number of rotatable bonds is 3. The zero-order chi connectivity index (χ0) is 15.7. The Bertz CT molecular complexity index is 650. The van der Waals surface area contributed by atoms with E-state index in [9.17, 15) is 18.0 Å². The molecule has 2 aromatic heterocycles. The highest BCUT2D eigenvalue weighted by Gasteiger charge is 2.34. The molecule has 22 heavy (non-hydrogen) atoms. The highest BCUT2D eigenvalue weighted by molar-refractivity contribution is 7.08. The topological polar surface area (TPSA) is 42.4 Å². The lowest BCUT2D eigenvalue weighted by atomic mass is 10.1. The van der Waals surface area contributed by atoms with Crippen molar-refractivity contribution in [1.82, 2.24) is 9.88 Å². The van der Waals surface area contributed by atoms with Crippen LogP contribution in [0.1, 0.15) is 15.9 Å². The molecule has 1 aliphatic heterocycles. The molecule has 0 aliphatic carbocycles. The molecule has 0 bridgehead atoms. The minimum Gasteiger partial charge on any atom is -0.471 e. The summed E-state index contributed by atoms with van der Waals surface area (Å²) in [6.45, 7) is 0.800. The molecule has 3 heterocycles. The van der Waals surface area contributed by atoms with Gasteiger partial charge in [-0.15, -0.1) is 0 Å². The Morgan fingerprint density at radius 3 is 2.64 bits per heavy atom. The van der Waals surface area contributed by atoms with Gasteiger partial charge >= 0.3 is 6.18 Å². The summed E-state index contributed by atoms with van der Waals surface area (Å²) in [5, 5.41) is 3.60. The largest absolute Gasteiger partial charge is 0.471 e. The zero-order valence-electron chi connectivity index (χ0n) is 11.2. The summed E-state index contributed by atoms with van der Waals surface area (Å²) in [7, 11) is 0. The number of carbonyl (C=O) groups excluding carboxylic acids is 1. The Labute approximate surface area is 128 Å². The Morgan fingerprint density at radius 2 is 2.09 bits per heavy atom. The van der Waals surface area contributed by atoms with Crippen LogP contribution >= 0.6 is 11.3 Å². The van der Waals surface area contributed by atoms with Gasteiger partial charge in [-0.05, 0) is 17.5 Å². The first kappa shape index (κ1) is 14.8. The molecule has 1 fully saturated rings. The fraction of sp³-hybridized carbons (Fsp3) is 0.286. The quantitative estimate of drug-likeness (QED) is 0.870. The second-order valence-corrected chi connectivity index (χ2v) is 5.62. The summed E-state index contributed by atoms with van der Waals surface area (Å²) in [6, 6.07) is 3.86. The number of carbonyl (C=O) groups is 1. The molecule has 116 valence electrons. The molecule has 1 amide bonds. The zero-order valence-corrected chi connectivity index (χ0v) is 12.0. The van der Waals surface area contributed by atoms with Gasteiger partial charge in [0.2, 0.25) is 5.88 Å². The van der Waals surface area contributed by atoms with Crippen LogP contribution in [0.15, 0.2) is 35.2 Å². The normalized spacial score (nSPS) is 15.5. The summed E-state index contributed by atoms with van der Waals surface area (Å²) < 4.78 is 42.7. The van der Waals surface area contributed by atoms with Gasteiger partial charge < -0.3 is 9.64 Å². The van der Waals surface area contributed by atoms with Crippen LogP contribution < -0.4 is 4.74 Å². The van der Waals surface area contributed by atoms with E-state index in [0.29, 0.717) is 18.7 Å². The summed E-state index contributed by atoms with van der Waals surface area (Å²) in [6.07, 6.45) is -3.92. The molecule has 1 aliphatic rings. The number of alkyl halides is 3. The average Bonchev–Trinajstić information content (AvgIpc) is 2.95. The number of hydrogen-bond acceptors (Lipinski definition) is 4. The van der Waals surface area contributed by atoms with Gasteiger partial charge in [0.1, 0.15) is 6.10 Å². The van der Waals surface area contributed by atoms with Crippen molar-refractivity contribution in [3.05, 3.63) is 46.3 Å². The first-order chi connectivity index (χ1) is 10.4. The van der Waals surface area contributed by atoms with E-state index in [2.05, 4.69) is 4.98 Å². The highest BCUT2D eigenvalue weighted by Crippen LogP contribution is 2.29. The maximum atomic E-state index is 12.4. The number of hydrogen-bond donors (Lipinski definition) is 0. The third-order valence-corrected chi connectivity index (χ3v) is 3.94. The molecule has 0 unspecified atom stereocenters. The van der Waals surface area contributed by atoms with E-state index >= 15 is 0 Å². The third kappa shape index (κ3) is 3.06. The summed E-state index contributed by atoms with van der Waals surface area (Å²) >= 11 is 1.45. The van der Waals surface area contributed by atoms with E-state index in [0.717, 1.165) is 12.3 Å². The molecule has 0 atom stereocenters. The van der Waals surface area contributed by atoms with Crippen molar-refractivity contribution in [2.75, 3.05) is 13.1 Å². The SMILES string of the molecule is O=C(c1ccsc1)N1CC(Oc2ccc(C(F)(F)F)cn2)C1. The van der Waals surface area contributed by atoms with E-state index in [4.69, 9.17) is 4.74 Å². The van der Waals surface area contributed by atoms with Crippen LogP contribution in [-0.4, -0.2) is 35.0 Å². The van der Waals surface area contributed by atoms with Crippen LogP contribution in [0, 0.1) is 0 Å². The Kier molecular flexibility index (Phi) is 3.78. The fourth-order valence-electron chi connectivity index (χ4n) is 2.04. The van der Waals surface area contributed by atoms with E-state index in [1.165, 1.54) is 17.4 Å². The van der Waals surface area contributed by atoms with Crippen LogP contribution in [-0.2, 0) is 6.18 Å². The monoisotopic (exact) mass is 328 g/mol. The second-order valence-electron chi connectivity index (χ2n) is 4.84. The van der Waals surface area contributed by atoms with Crippen molar-refractivity contribution in [1.29, 1.82) is 0 Å². The molecule has 0 N–H and O–H groups in total. The predicted octanol–water partition coefficient (Wildman–Crippen LogP) is 3.07. The van der Waals surface area contributed by atoms with Crippen LogP contribution in [0.4, 0.5) is 13.2 Å². The Morgan fingerprint density at radius 1 is 1.32 bits per heavy atom. The van der Waals surface area contributed by atoms with Gasteiger partial charge in [0.05, 0.1) is 24.2 Å². The van der Waals surface area contributed by atoms with Crippen LogP contribution in [0.5, 0.6) is 5.88 Å². The molecule has 2 aromatic rings. The highest BCUT2D eigenvalue weighted by atomic mass is 32.1. The average molecular weight is 328 g/mol. The minimum absolute atomic E-state index is 0.0681. The molecule has 8 heteroatoms. The lowest BCUT2D eigenvalue weighted by Gasteiger charge is -2.38. The number of likely N-dealkylation sites (tertiary alicyclic amines) is 1. The number of ether oxygens (including phenoxy) is 1. The van der Waals surface area contributed by atoms with Crippen molar-refractivity contribution in [3.63, 3.8) is 0 Å². The van der Waals surface area contributed by atoms with Gasteiger partial charge in [-0.1, -0.05) is 0 Å². The number of amides is 1. The fourth-order valence-corrected chi connectivity index (χ4v) is 2.67. The lowest BCUT2D eigenvalue weighted by Crippen LogP contribution is -2.56. The van der Waals surface area contributed by atoms with Crippen LogP contribution in [0.3, 0.4) is 0 Å². The molecule has 4 nitrogen and oxygen atoms in total. The van der Waals surface area contributed by atoms with Crippen LogP contribution in [0.2, 0.25) is 0 Å². The van der Waals surface area contributed by atoms with E-state index in [-0.39, 0.29) is 17.9 Å². The first-order valence-corrected chi connectivity index (χ1v) is 7.39. The van der Waals surface area contributed by atoms with Gasteiger partial charge in [0.25, 0.3) is 5.91 Å². The standard InChI is InChI=1S/C14H11F3N2O2S/c15-14(16,17)10-1-2-12(18-5-10)21-11-6-19(7-11)13(20)9-3-4-22-8-9/h1-5,8,11H,6-7H2. The summed E-state index contributed by atoms with van der Waals surface area (Å²) in [5.41, 5.74) is -0.182.